The number of carbonyl (C=O) groups excluding carboxylic acids is 2. The van der Waals surface area contributed by atoms with Crippen LogP contribution in [0.4, 0.5) is 18.9 Å². The number of carbonyl (C=O) groups is 2. The van der Waals surface area contributed by atoms with Crippen molar-refractivity contribution in [2.75, 3.05) is 11.4 Å². The van der Waals surface area contributed by atoms with Gasteiger partial charge in [-0.3, -0.25) is 9.59 Å². The smallest absolute Gasteiger partial charge is 0.312 e. The molecule has 0 aromatic heterocycles. The van der Waals surface area contributed by atoms with Crippen molar-refractivity contribution < 1.29 is 22.8 Å². The van der Waals surface area contributed by atoms with Crippen LogP contribution in [0.3, 0.4) is 0 Å². The van der Waals surface area contributed by atoms with Gasteiger partial charge in [-0.25, -0.2) is 5.43 Å². The van der Waals surface area contributed by atoms with E-state index >= 15 is 0 Å². The molecule has 27 heavy (non-hydrogen) atoms. The zero-order valence-electron chi connectivity index (χ0n) is 14.1. The van der Waals surface area contributed by atoms with Crippen LogP contribution in [0.25, 0.3) is 0 Å². The summed E-state index contributed by atoms with van der Waals surface area (Å²) in [6.07, 6.45) is -3.54. The number of amides is 2. The van der Waals surface area contributed by atoms with Crippen molar-refractivity contribution in [2.45, 2.75) is 12.6 Å². The summed E-state index contributed by atoms with van der Waals surface area (Å²) >= 11 is 0. The van der Waals surface area contributed by atoms with Crippen molar-refractivity contribution in [1.29, 1.82) is 0 Å². The van der Waals surface area contributed by atoms with E-state index in [9.17, 15) is 22.8 Å². The number of hydrogen-bond acceptors (Lipinski definition) is 3. The first-order valence-corrected chi connectivity index (χ1v) is 8.21. The zero-order valence-corrected chi connectivity index (χ0v) is 14.1. The first-order valence-electron chi connectivity index (χ1n) is 8.21. The lowest BCUT2D eigenvalue weighted by Gasteiger charge is -2.16. The second kappa shape index (κ2) is 7.61. The van der Waals surface area contributed by atoms with Crippen LogP contribution in [0.5, 0.6) is 0 Å². The van der Waals surface area contributed by atoms with Gasteiger partial charge in [-0.1, -0.05) is 36.4 Å². The molecule has 0 saturated carbocycles. The molecule has 0 unspecified atom stereocenters. The monoisotopic (exact) mass is 375 g/mol. The molecule has 1 aliphatic heterocycles. The minimum Gasteiger partial charge on any atom is -0.312 e. The van der Waals surface area contributed by atoms with Crippen molar-refractivity contribution in [3.05, 3.63) is 65.7 Å². The lowest BCUT2D eigenvalue weighted by molar-refractivity contribution is -0.137. The third kappa shape index (κ3) is 4.33. The second-order valence-corrected chi connectivity index (χ2v) is 6.06. The van der Waals surface area contributed by atoms with Gasteiger partial charge in [0, 0.05) is 24.2 Å². The standard InChI is InChI=1S/C19H16F3N3O2/c20-19(21,22)16-9-5-4-6-13(16)11-23-24-18(27)14-10-17(26)25(12-14)15-7-2-1-3-8-15/h1-9,11,14H,10,12H2,(H,24,27)/b23-11-/t14-/m1/s1. The van der Waals surface area contributed by atoms with Crippen LogP contribution in [0.15, 0.2) is 59.7 Å². The minimum absolute atomic E-state index is 0.0232. The molecule has 140 valence electrons. The molecule has 1 heterocycles. The number of nitrogens with zero attached hydrogens (tertiary/aromatic N) is 2. The van der Waals surface area contributed by atoms with Crippen LogP contribution in [0.1, 0.15) is 17.5 Å². The summed E-state index contributed by atoms with van der Waals surface area (Å²) in [6.45, 7) is 0.198. The molecular formula is C19H16F3N3O2. The number of nitrogens with one attached hydrogen (secondary N) is 1. The van der Waals surface area contributed by atoms with Gasteiger partial charge >= 0.3 is 6.18 Å². The summed E-state index contributed by atoms with van der Waals surface area (Å²) in [5.41, 5.74) is 1.93. The maximum absolute atomic E-state index is 12.9. The maximum atomic E-state index is 12.9. The lowest BCUT2D eigenvalue weighted by atomic mass is 10.1. The molecule has 1 aliphatic rings. The molecule has 5 nitrogen and oxygen atoms in total. The van der Waals surface area contributed by atoms with Crippen LogP contribution < -0.4 is 10.3 Å². The number of hydrazone groups is 1. The molecule has 1 saturated heterocycles. The summed E-state index contributed by atoms with van der Waals surface area (Å²) in [5, 5.41) is 3.63. The van der Waals surface area contributed by atoms with E-state index in [2.05, 4.69) is 10.5 Å². The SMILES string of the molecule is O=C(N/N=C\c1ccccc1C(F)(F)F)[C@@H]1CC(=O)N(c2ccccc2)C1. The number of benzene rings is 2. The molecule has 2 amide bonds. The summed E-state index contributed by atoms with van der Waals surface area (Å²) in [5.74, 6) is -1.32. The van der Waals surface area contributed by atoms with Gasteiger partial charge in [-0.05, 0) is 18.2 Å². The Hall–Kier alpha value is -3.16. The predicted molar refractivity (Wildman–Crippen MR) is 94.1 cm³/mol. The highest BCUT2D eigenvalue weighted by Crippen LogP contribution is 2.31. The van der Waals surface area contributed by atoms with E-state index in [0.717, 1.165) is 12.3 Å². The quantitative estimate of drug-likeness (QED) is 0.659. The number of para-hydroxylation sites is 1. The van der Waals surface area contributed by atoms with Gasteiger partial charge in [-0.2, -0.15) is 18.3 Å². The Morgan fingerprint density at radius 1 is 1.11 bits per heavy atom. The highest BCUT2D eigenvalue weighted by Gasteiger charge is 2.35. The third-order valence-electron chi connectivity index (χ3n) is 4.21. The van der Waals surface area contributed by atoms with Gasteiger partial charge in [0.05, 0.1) is 17.7 Å². The average Bonchev–Trinajstić information content (AvgIpc) is 3.04. The Morgan fingerprint density at radius 2 is 1.78 bits per heavy atom. The normalized spacial score (nSPS) is 17.5. The van der Waals surface area contributed by atoms with E-state index < -0.39 is 23.6 Å². The van der Waals surface area contributed by atoms with Crippen molar-refractivity contribution in [1.82, 2.24) is 5.43 Å². The zero-order chi connectivity index (χ0) is 19.4. The predicted octanol–water partition coefficient (Wildman–Crippen LogP) is 3.21. The van der Waals surface area contributed by atoms with Gasteiger partial charge in [0.15, 0.2) is 0 Å². The summed E-state index contributed by atoms with van der Waals surface area (Å²) in [7, 11) is 0. The molecule has 0 bridgehead atoms. The molecule has 8 heteroatoms. The van der Waals surface area contributed by atoms with E-state index in [1.807, 2.05) is 6.07 Å². The first-order chi connectivity index (χ1) is 12.9. The molecule has 1 N–H and O–H groups in total. The first kappa shape index (κ1) is 18.6. The number of halogens is 3. The molecule has 2 aromatic carbocycles. The fraction of sp³-hybridized carbons (Fsp3) is 0.211. The van der Waals surface area contributed by atoms with Gasteiger partial charge in [0.2, 0.25) is 11.8 Å². The van der Waals surface area contributed by atoms with Crippen molar-refractivity contribution in [3.8, 4) is 0 Å². The second-order valence-electron chi connectivity index (χ2n) is 6.06. The lowest BCUT2D eigenvalue weighted by Crippen LogP contribution is -2.30. The van der Waals surface area contributed by atoms with Gasteiger partial charge in [-0.15, -0.1) is 0 Å². The number of alkyl halides is 3. The maximum Gasteiger partial charge on any atom is 0.417 e. The van der Waals surface area contributed by atoms with E-state index in [-0.39, 0.29) is 24.4 Å². The van der Waals surface area contributed by atoms with Crippen LogP contribution in [0.2, 0.25) is 0 Å². The molecule has 0 radical (unpaired) electrons. The Kier molecular flexibility index (Phi) is 5.25. The Labute approximate surface area is 153 Å². The minimum atomic E-state index is -4.51. The highest BCUT2D eigenvalue weighted by molar-refractivity contribution is 6.00. The molecule has 1 fully saturated rings. The van der Waals surface area contributed by atoms with E-state index in [1.54, 1.807) is 24.3 Å². The summed E-state index contributed by atoms with van der Waals surface area (Å²) in [4.78, 5) is 25.8. The van der Waals surface area contributed by atoms with Gasteiger partial charge < -0.3 is 4.90 Å². The van der Waals surface area contributed by atoms with Crippen LogP contribution in [-0.4, -0.2) is 24.6 Å². The van der Waals surface area contributed by atoms with Crippen molar-refractivity contribution in [2.24, 2.45) is 11.0 Å². The number of anilines is 1. The van der Waals surface area contributed by atoms with Gasteiger partial charge in [0.25, 0.3) is 0 Å². The van der Waals surface area contributed by atoms with E-state index in [1.165, 1.54) is 23.1 Å². The molecule has 1 atom stereocenters. The molecule has 2 aromatic rings. The average molecular weight is 375 g/mol. The largest absolute Gasteiger partial charge is 0.417 e. The topological polar surface area (TPSA) is 61.8 Å². The van der Waals surface area contributed by atoms with Crippen molar-refractivity contribution in [3.63, 3.8) is 0 Å². The van der Waals surface area contributed by atoms with Gasteiger partial charge in [0.1, 0.15) is 0 Å². The van der Waals surface area contributed by atoms with E-state index in [4.69, 9.17) is 0 Å². The fourth-order valence-corrected chi connectivity index (χ4v) is 2.87. The van der Waals surface area contributed by atoms with Crippen LogP contribution in [0, 0.1) is 5.92 Å². The van der Waals surface area contributed by atoms with E-state index in [0.29, 0.717) is 5.69 Å². The Bertz CT molecular complexity index is 866. The molecule has 3 rings (SSSR count). The fourth-order valence-electron chi connectivity index (χ4n) is 2.87. The summed E-state index contributed by atoms with van der Waals surface area (Å²) in [6, 6.07) is 13.9. The molecule has 0 spiro atoms. The highest BCUT2D eigenvalue weighted by atomic mass is 19.4. The number of rotatable bonds is 4. The molecular weight excluding hydrogens is 359 g/mol. The summed E-state index contributed by atoms with van der Waals surface area (Å²) < 4.78 is 38.8. The third-order valence-corrected chi connectivity index (χ3v) is 4.21. The number of hydrogen-bond donors (Lipinski definition) is 1. The Balaban J connectivity index is 1.64. The molecule has 0 aliphatic carbocycles. The van der Waals surface area contributed by atoms with Crippen molar-refractivity contribution >= 4 is 23.7 Å². The van der Waals surface area contributed by atoms with Crippen LogP contribution >= 0.6 is 0 Å². The van der Waals surface area contributed by atoms with Crippen LogP contribution in [-0.2, 0) is 15.8 Å². The Morgan fingerprint density at radius 3 is 2.48 bits per heavy atom.